The first kappa shape index (κ1) is 14.3. The van der Waals surface area contributed by atoms with E-state index in [1.54, 1.807) is 9.80 Å². The standard InChI is InChI=1S/C13H23N3O3/c17-10-11-2-7-16(8-3-11)13(19)12(18)15-6-1-4-14-5-9-15/h11,14,17H,1-10H2. The van der Waals surface area contributed by atoms with Crippen LogP contribution >= 0.6 is 0 Å². The van der Waals surface area contributed by atoms with E-state index < -0.39 is 0 Å². The highest BCUT2D eigenvalue weighted by atomic mass is 16.3. The van der Waals surface area contributed by atoms with Crippen LogP contribution in [0.3, 0.4) is 0 Å². The SMILES string of the molecule is O=C(C(=O)N1CCC(CO)CC1)N1CCCNCC1. The summed E-state index contributed by atoms with van der Waals surface area (Å²) in [6.07, 6.45) is 2.47. The fourth-order valence-corrected chi connectivity index (χ4v) is 2.64. The molecular formula is C13H23N3O3. The average Bonchev–Trinajstić information content (AvgIpc) is 2.75. The Morgan fingerprint density at radius 3 is 2.26 bits per heavy atom. The van der Waals surface area contributed by atoms with Crippen LogP contribution in [0.1, 0.15) is 19.3 Å². The number of nitrogens with zero attached hydrogens (tertiary/aromatic N) is 2. The molecule has 2 aliphatic heterocycles. The van der Waals surface area contributed by atoms with Gasteiger partial charge in [0.05, 0.1) is 0 Å². The minimum Gasteiger partial charge on any atom is -0.396 e. The quantitative estimate of drug-likeness (QED) is 0.601. The molecule has 2 N–H and O–H groups in total. The fraction of sp³-hybridized carbons (Fsp3) is 0.846. The summed E-state index contributed by atoms with van der Waals surface area (Å²) < 4.78 is 0. The van der Waals surface area contributed by atoms with Crippen LogP contribution < -0.4 is 5.32 Å². The van der Waals surface area contributed by atoms with Crippen LogP contribution in [-0.2, 0) is 9.59 Å². The molecule has 6 nitrogen and oxygen atoms in total. The van der Waals surface area contributed by atoms with Gasteiger partial charge < -0.3 is 20.2 Å². The van der Waals surface area contributed by atoms with E-state index >= 15 is 0 Å². The predicted octanol–water partition coefficient (Wildman–Crippen LogP) is -0.961. The molecule has 2 amide bonds. The van der Waals surface area contributed by atoms with Gasteiger partial charge in [-0.2, -0.15) is 0 Å². The van der Waals surface area contributed by atoms with Gasteiger partial charge in [0.2, 0.25) is 0 Å². The number of carbonyl (C=O) groups is 2. The van der Waals surface area contributed by atoms with Crippen molar-refractivity contribution in [2.24, 2.45) is 5.92 Å². The molecule has 0 radical (unpaired) electrons. The lowest BCUT2D eigenvalue weighted by Gasteiger charge is -2.32. The van der Waals surface area contributed by atoms with Crippen molar-refractivity contribution in [2.45, 2.75) is 19.3 Å². The largest absolute Gasteiger partial charge is 0.396 e. The first-order chi connectivity index (χ1) is 9.22. The van der Waals surface area contributed by atoms with Crippen LogP contribution in [0.5, 0.6) is 0 Å². The summed E-state index contributed by atoms with van der Waals surface area (Å²) in [5.74, 6) is -0.467. The number of aliphatic hydroxyl groups is 1. The lowest BCUT2D eigenvalue weighted by atomic mass is 9.98. The van der Waals surface area contributed by atoms with Crippen molar-refractivity contribution in [1.29, 1.82) is 0 Å². The molecule has 0 spiro atoms. The van der Waals surface area contributed by atoms with E-state index in [-0.39, 0.29) is 24.3 Å². The third-order valence-electron chi connectivity index (χ3n) is 3.97. The predicted molar refractivity (Wildman–Crippen MR) is 70.5 cm³/mol. The Morgan fingerprint density at radius 1 is 1.00 bits per heavy atom. The normalized spacial score (nSPS) is 22.2. The molecule has 0 saturated carbocycles. The van der Waals surface area contributed by atoms with E-state index in [1.807, 2.05) is 0 Å². The third-order valence-corrected chi connectivity index (χ3v) is 3.97. The van der Waals surface area contributed by atoms with Crippen molar-refractivity contribution in [1.82, 2.24) is 15.1 Å². The summed E-state index contributed by atoms with van der Waals surface area (Å²) in [7, 11) is 0. The number of carbonyl (C=O) groups excluding carboxylic acids is 2. The van der Waals surface area contributed by atoms with Gasteiger partial charge in [-0.3, -0.25) is 9.59 Å². The Kier molecular flexibility index (Phi) is 5.15. The number of likely N-dealkylation sites (tertiary alicyclic amines) is 1. The van der Waals surface area contributed by atoms with Crippen molar-refractivity contribution in [3.8, 4) is 0 Å². The molecule has 2 rings (SSSR count). The summed E-state index contributed by atoms with van der Waals surface area (Å²) in [5.41, 5.74) is 0. The minimum absolute atomic E-state index is 0.174. The van der Waals surface area contributed by atoms with E-state index in [4.69, 9.17) is 5.11 Å². The minimum atomic E-state index is -0.377. The molecule has 2 saturated heterocycles. The smallest absolute Gasteiger partial charge is 0.312 e. The second-order valence-electron chi connectivity index (χ2n) is 5.31. The first-order valence-corrected chi connectivity index (χ1v) is 7.12. The second-order valence-corrected chi connectivity index (χ2v) is 5.31. The molecule has 0 aliphatic carbocycles. The van der Waals surface area contributed by atoms with Gasteiger partial charge in [0.15, 0.2) is 0 Å². The summed E-state index contributed by atoms with van der Waals surface area (Å²) >= 11 is 0. The third kappa shape index (κ3) is 3.67. The number of aliphatic hydroxyl groups excluding tert-OH is 1. The van der Waals surface area contributed by atoms with Gasteiger partial charge in [0.1, 0.15) is 0 Å². The lowest BCUT2D eigenvalue weighted by Crippen LogP contribution is -2.49. The molecule has 0 unspecified atom stereocenters. The Balaban J connectivity index is 1.86. The van der Waals surface area contributed by atoms with Crippen LogP contribution in [0, 0.1) is 5.92 Å². The average molecular weight is 269 g/mol. The monoisotopic (exact) mass is 269 g/mol. The number of amides is 2. The van der Waals surface area contributed by atoms with Gasteiger partial charge in [0, 0.05) is 39.3 Å². The molecule has 19 heavy (non-hydrogen) atoms. The second kappa shape index (κ2) is 6.86. The van der Waals surface area contributed by atoms with E-state index in [0.29, 0.717) is 26.2 Å². The highest BCUT2D eigenvalue weighted by Gasteiger charge is 2.30. The molecule has 6 heteroatoms. The maximum atomic E-state index is 12.2. The van der Waals surface area contributed by atoms with E-state index in [2.05, 4.69) is 5.32 Å². The van der Waals surface area contributed by atoms with E-state index in [1.165, 1.54) is 0 Å². The molecule has 108 valence electrons. The summed E-state index contributed by atoms with van der Waals surface area (Å²) in [6.45, 7) is 4.27. The van der Waals surface area contributed by atoms with Crippen molar-refractivity contribution in [2.75, 3.05) is 45.9 Å². The molecule has 2 heterocycles. The van der Waals surface area contributed by atoms with Gasteiger partial charge in [-0.25, -0.2) is 0 Å². The molecule has 0 atom stereocenters. The molecule has 0 aromatic carbocycles. The first-order valence-electron chi connectivity index (χ1n) is 7.12. The highest BCUT2D eigenvalue weighted by molar-refractivity contribution is 6.34. The Labute approximate surface area is 113 Å². The van der Waals surface area contributed by atoms with Crippen LogP contribution in [-0.4, -0.2) is 72.6 Å². The topological polar surface area (TPSA) is 72.9 Å². The summed E-state index contributed by atoms with van der Waals surface area (Å²) in [6, 6.07) is 0. The van der Waals surface area contributed by atoms with Crippen molar-refractivity contribution in [3.05, 3.63) is 0 Å². The van der Waals surface area contributed by atoms with E-state index in [0.717, 1.165) is 32.4 Å². The van der Waals surface area contributed by atoms with Crippen molar-refractivity contribution < 1.29 is 14.7 Å². The van der Waals surface area contributed by atoms with Gasteiger partial charge in [-0.05, 0) is 31.7 Å². The Hall–Kier alpha value is -1.14. The van der Waals surface area contributed by atoms with Crippen LogP contribution in [0.4, 0.5) is 0 Å². The fourth-order valence-electron chi connectivity index (χ4n) is 2.64. The molecule has 0 aromatic heterocycles. The maximum absolute atomic E-state index is 12.2. The van der Waals surface area contributed by atoms with Crippen LogP contribution in [0.25, 0.3) is 0 Å². The van der Waals surface area contributed by atoms with Crippen LogP contribution in [0.15, 0.2) is 0 Å². The van der Waals surface area contributed by atoms with E-state index in [9.17, 15) is 9.59 Å². The zero-order valence-electron chi connectivity index (χ0n) is 11.3. The van der Waals surface area contributed by atoms with Crippen LogP contribution in [0.2, 0.25) is 0 Å². The molecule has 0 bridgehead atoms. The lowest BCUT2D eigenvalue weighted by molar-refractivity contribution is -0.152. The molecule has 0 aromatic rings. The van der Waals surface area contributed by atoms with Crippen molar-refractivity contribution in [3.63, 3.8) is 0 Å². The molecule has 2 aliphatic rings. The zero-order chi connectivity index (χ0) is 13.7. The molecule has 2 fully saturated rings. The number of piperidine rings is 1. The highest BCUT2D eigenvalue weighted by Crippen LogP contribution is 2.16. The maximum Gasteiger partial charge on any atom is 0.312 e. The van der Waals surface area contributed by atoms with Gasteiger partial charge >= 0.3 is 11.8 Å². The Morgan fingerprint density at radius 2 is 1.63 bits per heavy atom. The molecular weight excluding hydrogens is 246 g/mol. The summed E-state index contributed by atoms with van der Waals surface area (Å²) in [4.78, 5) is 27.6. The number of hydrogen-bond acceptors (Lipinski definition) is 4. The summed E-state index contributed by atoms with van der Waals surface area (Å²) in [5, 5.41) is 12.3. The number of hydrogen-bond donors (Lipinski definition) is 2. The number of nitrogens with one attached hydrogen (secondary N) is 1. The van der Waals surface area contributed by atoms with Gasteiger partial charge in [-0.15, -0.1) is 0 Å². The Bertz CT molecular complexity index is 319. The van der Waals surface area contributed by atoms with Crippen molar-refractivity contribution >= 4 is 11.8 Å². The van der Waals surface area contributed by atoms with Gasteiger partial charge in [-0.1, -0.05) is 0 Å². The van der Waals surface area contributed by atoms with Gasteiger partial charge in [0.25, 0.3) is 0 Å². The number of rotatable bonds is 1. The zero-order valence-corrected chi connectivity index (χ0v) is 11.3.